The van der Waals surface area contributed by atoms with Crippen LogP contribution in [0, 0.1) is 0 Å². The Kier molecular flexibility index (Phi) is 7.30. The Hall–Kier alpha value is -0.962. The molecule has 0 aliphatic carbocycles. The molecule has 2 aromatic rings. The van der Waals surface area contributed by atoms with Gasteiger partial charge in [-0.3, -0.25) is 4.98 Å². The molecule has 7 nitrogen and oxygen atoms in total. The van der Waals surface area contributed by atoms with E-state index in [1.165, 1.54) is 25.1 Å². The minimum atomic E-state index is -4.92. The third kappa shape index (κ3) is 6.13. The van der Waals surface area contributed by atoms with E-state index < -0.39 is 14.2 Å². The van der Waals surface area contributed by atoms with Crippen molar-refractivity contribution in [2.75, 3.05) is 5.32 Å². The van der Waals surface area contributed by atoms with Gasteiger partial charge in [-0.15, -0.1) is 11.3 Å². The molecule has 0 spiro atoms. The Bertz CT molecular complexity index is 637. The van der Waals surface area contributed by atoms with E-state index in [1.807, 2.05) is 0 Å². The second kappa shape index (κ2) is 8.47. The zero-order chi connectivity index (χ0) is 15.9. The summed E-state index contributed by atoms with van der Waals surface area (Å²) in [6, 6.07) is 5.84. The number of halogens is 1. The predicted molar refractivity (Wildman–Crippen MR) is 82.6 cm³/mol. The standard InChI is InChI=1S/C8H10AsNO5.C3H2BrNS/c1-6(11)10-8-5-3-2-4-7(8)9(12,13)15-14;4-3-1-5-2-6-3/h2-5,14H,1H3,(H,10,11)(H,12,13);1-2H. The van der Waals surface area contributed by atoms with Crippen LogP contribution in [0.25, 0.3) is 0 Å². The number of hydrogen-bond donors (Lipinski definition) is 3. The molecule has 21 heavy (non-hydrogen) atoms. The van der Waals surface area contributed by atoms with Crippen LogP contribution in [0.1, 0.15) is 6.92 Å². The number of anilines is 1. The summed E-state index contributed by atoms with van der Waals surface area (Å²) in [7, 11) is 0. The summed E-state index contributed by atoms with van der Waals surface area (Å²) in [6.45, 7) is 1.27. The van der Waals surface area contributed by atoms with E-state index in [0.29, 0.717) is 0 Å². The van der Waals surface area contributed by atoms with Crippen LogP contribution in [0.15, 0.2) is 39.8 Å². The molecule has 0 saturated carbocycles. The summed E-state index contributed by atoms with van der Waals surface area (Å²) >= 11 is -0.104. The summed E-state index contributed by atoms with van der Waals surface area (Å²) < 4.78 is 25.2. The molecule has 1 atom stereocenters. The Morgan fingerprint density at radius 2 is 2.14 bits per heavy atom. The zero-order valence-electron chi connectivity index (χ0n) is 10.8. The van der Waals surface area contributed by atoms with Crippen molar-refractivity contribution in [3.63, 3.8) is 0 Å². The fourth-order valence-electron chi connectivity index (χ4n) is 1.26. The van der Waals surface area contributed by atoms with E-state index in [1.54, 1.807) is 29.1 Å². The number of amides is 1. The molecule has 0 bridgehead atoms. The quantitative estimate of drug-likeness (QED) is 0.381. The van der Waals surface area contributed by atoms with Crippen LogP contribution >= 0.6 is 27.3 Å². The van der Waals surface area contributed by atoms with Crippen molar-refractivity contribution in [2.45, 2.75) is 6.92 Å². The maximum atomic E-state index is 11.4. The average Bonchev–Trinajstić information content (AvgIpc) is 2.90. The number of aromatic nitrogens is 1. The SMILES string of the molecule is Brc1cncs1.CC(=O)Nc1ccccc1[As](=O)(O)OO. The van der Waals surface area contributed by atoms with Crippen molar-refractivity contribution in [3.8, 4) is 0 Å². The van der Waals surface area contributed by atoms with Crippen LogP contribution in [0.5, 0.6) is 0 Å². The van der Waals surface area contributed by atoms with Crippen LogP contribution in [-0.4, -0.2) is 34.4 Å². The van der Waals surface area contributed by atoms with E-state index in [4.69, 9.17) is 5.26 Å². The van der Waals surface area contributed by atoms with E-state index in [0.717, 1.165) is 3.79 Å². The van der Waals surface area contributed by atoms with Gasteiger partial charge in [-0.05, 0) is 15.9 Å². The first-order valence-corrected chi connectivity index (χ1v) is 10.4. The molecule has 2 rings (SSSR count). The number of nitrogens with zero attached hydrogens (tertiary/aromatic N) is 1. The molecule has 1 unspecified atom stereocenters. The molecule has 10 heteroatoms. The van der Waals surface area contributed by atoms with Crippen LogP contribution in [0.4, 0.5) is 5.69 Å². The minimum absolute atomic E-state index is 0.103. The fourth-order valence-corrected chi connectivity index (χ4v) is 3.65. The molecule has 0 fully saturated rings. The first-order chi connectivity index (χ1) is 9.86. The number of carbonyl (C=O) groups is 1. The van der Waals surface area contributed by atoms with Gasteiger partial charge in [0.15, 0.2) is 0 Å². The van der Waals surface area contributed by atoms with Gasteiger partial charge in [-0.25, -0.2) is 0 Å². The molecule has 1 heterocycles. The van der Waals surface area contributed by atoms with E-state index in [2.05, 4.69) is 30.1 Å². The van der Waals surface area contributed by atoms with Crippen LogP contribution in [0.2, 0.25) is 0 Å². The fraction of sp³-hybridized carbons (Fsp3) is 0.0909. The number of thiazole rings is 1. The number of rotatable bonds is 3. The van der Waals surface area contributed by atoms with Gasteiger partial charge in [-0.1, -0.05) is 0 Å². The first-order valence-electron chi connectivity index (χ1n) is 5.44. The van der Waals surface area contributed by atoms with Gasteiger partial charge >= 0.3 is 88.4 Å². The van der Waals surface area contributed by atoms with Gasteiger partial charge < -0.3 is 0 Å². The maximum absolute atomic E-state index is 11.4. The summed E-state index contributed by atoms with van der Waals surface area (Å²) in [4.78, 5) is 14.6. The Balaban J connectivity index is 0.000000304. The predicted octanol–water partition coefficient (Wildman–Crippen LogP) is 1.61. The third-order valence-corrected chi connectivity index (χ3v) is 5.92. The molecule has 1 amide bonds. The number of nitrogens with one attached hydrogen (secondary N) is 1. The van der Waals surface area contributed by atoms with Gasteiger partial charge in [-0.2, -0.15) is 0 Å². The van der Waals surface area contributed by atoms with Crippen molar-refractivity contribution in [1.29, 1.82) is 0 Å². The second-order valence-corrected chi connectivity index (χ2v) is 9.41. The van der Waals surface area contributed by atoms with Crippen LogP contribution < -0.4 is 9.67 Å². The van der Waals surface area contributed by atoms with Gasteiger partial charge in [0.1, 0.15) is 0 Å². The molecule has 1 aromatic carbocycles. The first kappa shape index (κ1) is 18.1. The van der Waals surface area contributed by atoms with E-state index in [-0.39, 0.29) is 15.9 Å². The number of para-hydroxylation sites is 1. The zero-order valence-corrected chi connectivity index (χ0v) is 15.0. The van der Waals surface area contributed by atoms with Crippen molar-refractivity contribution in [3.05, 3.63) is 39.8 Å². The van der Waals surface area contributed by atoms with Crippen molar-refractivity contribution in [1.82, 2.24) is 4.98 Å². The monoisotopic (exact) mass is 438 g/mol. The molecule has 114 valence electrons. The third-order valence-electron chi connectivity index (χ3n) is 2.03. The van der Waals surface area contributed by atoms with E-state index >= 15 is 0 Å². The molecular weight excluding hydrogens is 427 g/mol. The van der Waals surface area contributed by atoms with Gasteiger partial charge in [0.2, 0.25) is 0 Å². The molecule has 3 N–H and O–H groups in total. The van der Waals surface area contributed by atoms with Crippen LogP contribution in [-0.2, 0) is 12.4 Å². The van der Waals surface area contributed by atoms with Gasteiger partial charge in [0.25, 0.3) is 0 Å². The second-order valence-electron chi connectivity index (χ2n) is 3.61. The summed E-state index contributed by atoms with van der Waals surface area (Å²) in [5.41, 5.74) is 1.94. The summed E-state index contributed by atoms with van der Waals surface area (Å²) in [5.74, 6) is -0.379. The van der Waals surface area contributed by atoms with Gasteiger partial charge in [0.05, 0.1) is 15.5 Å². The number of carbonyl (C=O) groups excluding carboxylic acids is 1. The Morgan fingerprint density at radius 3 is 2.57 bits per heavy atom. The molecule has 0 aliphatic rings. The van der Waals surface area contributed by atoms with Crippen molar-refractivity contribution >= 4 is 57.4 Å². The summed E-state index contributed by atoms with van der Waals surface area (Å²) in [5, 5.41) is 10.7. The molecule has 0 saturated heterocycles. The Labute approximate surface area is 136 Å². The van der Waals surface area contributed by atoms with Crippen LogP contribution in [0.3, 0.4) is 0 Å². The topological polar surface area (TPSA) is 109 Å². The Morgan fingerprint density at radius 1 is 1.48 bits per heavy atom. The van der Waals surface area contributed by atoms with Gasteiger partial charge in [0, 0.05) is 0 Å². The van der Waals surface area contributed by atoms with Crippen molar-refractivity contribution < 1.29 is 21.8 Å². The summed E-state index contributed by atoms with van der Waals surface area (Å²) in [6.07, 6.45) is 1.77. The molecule has 0 aliphatic heterocycles. The average molecular weight is 439 g/mol. The van der Waals surface area contributed by atoms with Crippen molar-refractivity contribution in [2.24, 2.45) is 0 Å². The number of benzene rings is 1. The molecule has 0 radical (unpaired) electrons. The normalized spacial score (nSPS) is 12.8. The number of hydrogen-bond acceptors (Lipinski definition) is 6. The molecule has 1 aromatic heterocycles. The van der Waals surface area contributed by atoms with E-state index in [9.17, 15) is 12.6 Å². The molecular formula is C11H12AsBrN2O5S.